The number of nitrogens with zero attached hydrogens (tertiary/aromatic N) is 2. The summed E-state index contributed by atoms with van der Waals surface area (Å²) in [5.41, 5.74) is 0. The highest BCUT2D eigenvalue weighted by molar-refractivity contribution is 5.71. The lowest BCUT2D eigenvalue weighted by Crippen LogP contribution is -2.05. The van der Waals surface area contributed by atoms with E-state index in [-0.39, 0.29) is 11.6 Å². The minimum absolute atomic E-state index is 0.195. The van der Waals surface area contributed by atoms with Crippen LogP contribution in [0.5, 0.6) is 0 Å². The molecule has 1 heterocycles. The zero-order chi connectivity index (χ0) is 10.6. The third kappa shape index (κ3) is 2.58. The Balaban J connectivity index is 2.77. The number of nitro groups is 1. The Labute approximate surface area is 80.2 Å². The van der Waals surface area contributed by atoms with Gasteiger partial charge in [-0.25, -0.2) is 4.74 Å². The maximum Gasteiger partial charge on any atom is 0.433 e. The van der Waals surface area contributed by atoms with Crippen LogP contribution in [-0.2, 0) is 0 Å². The second-order valence-corrected chi connectivity index (χ2v) is 2.70. The number of hydrogen-bond acceptors (Lipinski definition) is 4. The zero-order valence-corrected chi connectivity index (χ0v) is 7.67. The zero-order valence-electron chi connectivity index (χ0n) is 7.67. The Morgan fingerprint density at radius 2 is 2.21 bits per heavy atom. The van der Waals surface area contributed by atoms with Crippen LogP contribution >= 0.6 is 0 Å². The van der Waals surface area contributed by atoms with Gasteiger partial charge < -0.3 is 9.62 Å². The van der Waals surface area contributed by atoms with Crippen molar-refractivity contribution in [3.05, 3.63) is 33.2 Å². The highest BCUT2D eigenvalue weighted by Gasteiger charge is 2.11. The molecule has 1 aromatic rings. The van der Waals surface area contributed by atoms with Gasteiger partial charge in [0.15, 0.2) is 12.3 Å². The van der Waals surface area contributed by atoms with Gasteiger partial charge in [0.05, 0.1) is 6.07 Å². The first kappa shape index (κ1) is 10.2. The van der Waals surface area contributed by atoms with Crippen molar-refractivity contribution in [2.75, 3.05) is 6.54 Å². The fourth-order valence-corrected chi connectivity index (χ4v) is 0.937. The third-order valence-corrected chi connectivity index (χ3v) is 1.51. The highest BCUT2D eigenvalue weighted by Crippen LogP contribution is 2.13. The first-order valence-electron chi connectivity index (χ1n) is 4.16. The largest absolute Gasteiger partial charge is 0.624 e. The maximum absolute atomic E-state index is 11.0. The molecule has 0 radical (unpaired) electrons. The number of rotatable bonds is 4. The summed E-state index contributed by atoms with van der Waals surface area (Å²) in [4.78, 5) is 9.59. The molecule has 14 heavy (non-hydrogen) atoms. The molecule has 6 heteroatoms. The van der Waals surface area contributed by atoms with E-state index < -0.39 is 4.92 Å². The lowest BCUT2D eigenvalue weighted by molar-refractivity contribution is -0.452. The van der Waals surface area contributed by atoms with Crippen LogP contribution in [0.3, 0.4) is 0 Å². The first-order chi connectivity index (χ1) is 6.63. The van der Waals surface area contributed by atoms with Crippen LogP contribution in [0.2, 0.25) is 0 Å². The number of hydrogen-bond donors (Lipinski definition) is 0. The summed E-state index contributed by atoms with van der Waals surface area (Å²) < 4.78 is 5.45. The summed E-state index contributed by atoms with van der Waals surface area (Å²) in [6.07, 6.45) is 1.90. The molecule has 0 aliphatic carbocycles. The molecular weight excluding hydrogens is 188 g/mol. The lowest BCUT2D eigenvalue weighted by atomic mass is 10.4. The van der Waals surface area contributed by atoms with Crippen LogP contribution in [0.4, 0.5) is 5.88 Å². The van der Waals surface area contributed by atoms with E-state index in [1.165, 1.54) is 18.3 Å². The fourth-order valence-electron chi connectivity index (χ4n) is 0.937. The Morgan fingerprint density at radius 3 is 2.71 bits per heavy atom. The van der Waals surface area contributed by atoms with Gasteiger partial charge in [-0.15, -0.1) is 0 Å². The first-order valence-corrected chi connectivity index (χ1v) is 4.16. The minimum Gasteiger partial charge on any atom is -0.624 e. The Kier molecular flexibility index (Phi) is 3.22. The highest BCUT2D eigenvalue weighted by atomic mass is 16.6. The average Bonchev–Trinajstić information content (AvgIpc) is 2.53. The van der Waals surface area contributed by atoms with Crippen molar-refractivity contribution in [2.45, 2.75) is 13.3 Å². The summed E-state index contributed by atoms with van der Waals surface area (Å²) >= 11 is 0. The molecule has 0 amide bonds. The monoisotopic (exact) mass is 198 g/mol. The Morgan fingerprint density at radius 1 is 1.50 bits per heavy atom. The molecule has 0 atom stereocenters. The fraction of sp³-hybridized carbons (Fsp3) is 0.375. The van der Waals surface area contributed by atoms with Gasteiger partial charge in [-0.05, 0) is 6.07 Å². The van der Waals surface area contributed by atoms with Gasteiger partial charge in [0.25, 0.3) is 0 Å². The average molecular weight is 198 g/mol. The second-order valence-electron chi connectivity index (χ2n) is 2.70. The van der Waals surface area contributed by atoms with E-state index in [4.69, 9.17) is 4.42 Å². The summed E-state index contributed by atoms with van der Waals surface area (Å²) in [5.74, 6) is -0.165. The molecule has 6 nitrogen and oxygen atoms in total. The van der Waals surface area contributed by atoms with E-state index in [2.05, 4.69) is 0 Å². The molecule has 0 fully saturated rings. The predicted molar refractivity (Wildman–Crippen MR) is 49.3 cm³/mol. The lowest BCUT2D eigenvalue weighted by Gasteiger charge is -1.98. The van der Waals surface area contributed by atoms with Gasteiger partial charge >= 0.3 is 5.88 Å². The van der Waals surface area contributed by atoms with Gasteiger partial charge in [-0.2, -0.15) is 0 Å². The smallest absolute Gasteiger partial charge is 0.433 e. The molecule has 1 rings (SSSR count). The second kappa shape index (κ2) is 4.40. The summed E-state index contributed by atoms with van der Waals surface area (Å²) in [7, 11) is 0. The molecular formula is C8H10N2O4. The molecule has 1 aromatic heterocycles. The van der Waals surface area contributed by atoms with Crippen molar-refractivity contribution < 1.29 is 14.1 Å². The van der Waals surface area contributed by atoms with E-state index in [0.29, 0.717) is 17.7 Å². The van der Waals surface area contributed by atoms with Crippen molar-refractivity contribution >= 4 is 12.1 Å². The van der Waals surface area contributed by atoms with Crippen LogP contribution in [-0.4, -0.2) is 22.4 Å². The Hall–Kier alpha value is -1.85. The van der Waals surface area contributed by atoms with E-state index in [1.54, 1.807) is 0 Å². The summed E-state index contributed by atoms with van der Waals surface area (Å²) in [6.45, 7) is 2.21. The Bertz CT molecular complexity index is 356. The minimum atomic E-state index is -0.647. The van der Waals surface area contributed by atoms with Gasteiger partial charge in [0, 0.05) is 6.42 Å². The van der Waals surface area contributed by atoms with Crippen LogP contribution < -0.4 is 0 Å². The van der Waals surface area contributed by atoms with Gasteiger partial charge in [0.2, 0.25) is 6.21 Å². The SMILES string of the molecule is CCC/[N+]([O-])=C/c1ccc([N+](=O)[O-])o1. The topological polar surface area (TPSA) is 82.3 Å². The molecule has 0 spiro atoms. The summed E-state index contributed by atoms with van der Waals surface area (Å²) in [5, 5.41) is 21.3. The van der Waals surface area contributed by atoms with Crippen molar-refractivity contribution in [1.29, 1.82) is 0 Å². The van der Waals surface area contributed by atoms with Gasteiger partial charge in [-0.3, -0.25) is 10.1 Å². The summed E-state index contributed by atoms with van der Waals surface area (Å²) in [6, 6.07) is 2.60. The van der Waals surface area contributed by atoms with Crippen molar-refractivity contribution in [3.8, 4) is 0 Å². The molecule has 0 saturated carbocycles. The maximum atomic E-state index is 11.0. The van der Waals surface area contributed by atoms with Crippen LogP contribution in [0.25, 0.3) is 0 Å². The molecule has 0 aliphatic heterocycles. The number of hydroxylamine groups is 1. The normalized spacial score (nSPS) is 11.6. The van der Waals surface area contributed by atoms with E-state index in [1.807, 2.05) is 6.92 Å². The molecule has 0 N–H and O–H groups in total. The van der Waals surface area contributed by atoms with E-state index in [9.17, 15) is 15.3 Å². The molecule has 76 valence electrons. The van der Waals surface area contributed by atoms with Gasteiger partial charge in [0.1, 0.15) is 4.92 Å². The molecule has 0 aliphatic rings. The predicted octanol–water partition coefficient (Wildman–Crippen LogP) is 1.53. The molecule has 0 unspecified atom stereocenters. The van der Waals surface area contributed by atoms with Crippen molar-refractivity contribution in [3.63, 3.8) is 0 Å². The third-order valence-electron chi connectivity index (χ3n) is 1.51. The molecule has 0 saturated heterocycles. The van der Waals surface area contributed by atoms with Crippen molar-refractivity contribution in [1.82, 2.24) is 0 Å². The van der Waals surface area contributed by atoms with Crippen molar-refractivity contribution in [2.24, 2.45) is 0 Å². The van der Waals surface area contributed by atoms with Crippen LogP contribution in [0, 0.1) is 15.3 Å². The van der Waals surface area contributed by atoms with Crippen LogP contribution in [0.15, 0.2) is 16.5 Å². The quantitative estimate of drug-likeness (QED) is 0.241. The molecule has 0 aromatic carbocycles. The standard InChI is InChI=1S/C8H10N2O4/c1-2-5-9(11)6-7-3-4-8(14-7)10(12)13/h3-4,6H,2,5H2,1H3/b9-6-. The van der Waals surface area contributed by atoms with Gasteiger partial charge in [-0.1, -0.05) is 6.92 Å². The van der Waals surface area contributed by atoms with E-state index >= 15 is 0 Å². The number of furan rings is 1. The van der Waals surface area contributed by atoms with Crippen LogP contribution in [0.1, 0.15) is 19.1 Å². The molecule has 0 bridgehead atoms. The van der Waals surface area contributed by atoms with E-state index in [0.717, 1.165) is 0 Å².